The van der Waals surface area contributed by atoms with E-state index in [9.17, 15) is 4.39 Å². The lowest BCUT2D eigenvalue weighted by Gasteiger charge is -2.14. The van der Waals surface area contributed by atoms with Crippen LogP contribution in [0.15, 0.2) is 32.3 Å². The number of halogens is 1. The zero-order chi connectivity index (χ0) is 18.7. The first-order valence-corrected chi connectivity index (χ1v) is 9.53. The molecule has 138 valence electrons. The first-order chi connectivity index (χ1) is 12.5. The minimum Gasteiger partial charge on any atom is -0.344 e. The maximum atomic E-state index is 14.7. The average Bonchev–Trinajstić information content (AvgIpc) is 3.00. The summed E-state index contributed by atoms with van der Waals surface area (Å²) in [5, 5.41) is 16.6. The van der Waals surface area contributed by atoms with Crippen LogP contribution in [0.4, 0.5) is 10.1 Å². The van der Waals surface area contributed by atoms with Crippen LogP contribution in [0.5, 0.6) is 0 Å². The van der Waals surface area contributed by atoms with E-state index in [0.717, 1.165) is 54.3 Å². The van der Waals surface area contributed by atoms with Crippen molar-refractivity contribution in [1.29, 1.82) is 0 Å². The van der Waals surface area contributed by atoms with Gasteiger partial charge in [-0.25, -0.2) is 4.39 Å². The Morgan fingerprint density at radius 3 is 2.85 bits per heavy atom. The molecule has 0 bridgehead atoms. The number of aryl methyl sites for hydroxylation is 2. The number of aliphatic imine (C=N–C) groups is 1. The topological polar surface area (TPSA) is 67.5 Å². The molecule has 1 N–H and O–H groups in total. The summed E-state index contributed by atoms with van der Waals surface area (Å²) < 4.78 is 16.4. The summed E-state index contributed by atoms with van der Waals surface area (Å²) in [5.74, 6) is 1.37. The SMILES string of the molecule is CCCC(=NC)Nc1cc(F)c(Sc2nnc3n2N=C(C)CC3)cc1C. The third-order valence-electron chi connectivity index (χ3n) is 4.17. The van der Waals surface area contributed by atoms with E-state index in [1.165, 1.54) is 17.8 Å². The Labute approximate surface area is 157 Å². The summed E-state index contributed by atoms with van der Waals surface area (Å²) in [6.07, 6.45) is 3.50. The zero-order valence-electron chi connectivity index (χ0n) is 15.5. The molecule has 0 saturated heterocycles. The molecule has 26 heavy (non-hydrogen) atoms. The molecule has 0 amide bonds. The fourth-order valence-corrected chi connectivity index (χ4v) is 3.62. The Morgan fingerprint density at radius 1 is 1.31 bits per heavy atom. The molecule has 0 aliphatic carbocycles. The second-order valence-corrected chi connectivity index (χ2v) is 7.30. The average molecular weight is 374 g/mol. The molecule has 1 aliphatic rings. The van der Waals surface area contributed by atoms with Crippen LogP contribution >= 0.6 is 11.8 Å². The number of anilines is 1. The normalized spacial score (nSPS) is 14.2. The van der Waals surface area contributed by atoms with Crippen molar-refractivity contribution in [3.8, 4) is 0 Å². The summed E-state index contributed by atoms with van der Waals surface area (Å²) in [6, 6.07) is 3.34. The number of benzene rings is 1. The molecule has 0 atom stereocenters. The zero-order valence-corrected chi connectivity index (χ0v) is 16.3. The number of nitrogens with one attached hydrogen (secondary N) is 1. The van der Waals surface area contributed by atoms with E-state index in [2.05, 4.69) is 32.5 Å². The standard InChI is InChI=1S/C18H23FN6S/c1-5-6-16(20-4)21-14-10-13(19)15(9-11(14)2)26-18-23-22-17-8-7-12(3)24-25(17)18/h9-10H,5-8H2,1-4H3,(H,20,21). The lowest BCUT2D eigenvalue weighted by molar-refractivity contribution is 0.601. The van der Waals surface area contributed by atoms with Crippen LogP contribution < -0.4 is 5.32 Å². The Kier molecular flexibility index (Phi) is 5.70. The van der Waals surface area contributed by atoms with Gasteiger partial charge in [-0.2, -0.15) is 9.78 Å². The highest BCUT2D eigenvalue weighted by atomic mass is 32.2. The Balaban J connectivity index is 1.85. The highest BCUT2D eigenvalue weighted by Crippen LogP contribution is 2.33. The number of hydrogen-bond acceptors (Lipinski definition) is 5. The third-order valence-corrected chi connectivity index (χ3v) is 5.14. The summed E-state index contributed by atoms with van der Waals surface area (Å²) in [4.78, 5) is 4.73. The Bertz CT molecular complexity index is 871. The van der Waals surface area contributed by atoms with Crippen molar-refractivity contribution in [1.82, 2.24) is 14.9 Å². The summed E-state index contributed by atoms with van der Waals surface area (Å²) >= 11 is 1.24. The molecule has 6 nitrogen and oxygen atoms in total. The molecule has 0 fully saturated rings. The van der Waals surface area contributed by atoms with Crippen LogP contribution in [0.1, 0.15) is 44.5 Å². The van der Waals surface area contributed by atoms with Gasteiger partial charge in [-0.15, -0.1) is 10.2 Å². The van der Waals surface area contributed by atoms with Crippen LogP contribution in [0, 0.1) is 12.7 Å². The number of nitrogens with zero attached hydrogens (tertiary/aromatic N) is 5. The predicted octanol–water partition coefficient (Wildman–Crippen LogP) is 4.29. The van der Waals surface area contributed by atoms with Gasteiger partial charge < -0.3 is 5.32 Å². The smallest absolute Gasteiger partial charge is 0.216 e. The van der Waals surface area contributed by atoms with E-state index >= 15 is 0 Å². The molecule has 3 rings (SSSR count). The van der Waals surface area contributed by atoms with Gasteiger partial charge in [-0.1, -0.05) is 6.92 Å². The summed E-state index contributed by atoms with van der Waals surface area (Å²) in [6.45, 7) is 6.02. The van der Waals surface area contributed by atoms with Crippen molar-refractivity contribution in [3.63, 3.8) is 0 Å². The van der Waals surface area contributed by atoms with Crippen LogP contribution in [0.25, 0.3) is 0 Å². The molecule has 1 aliphatic heterocycles. The number of hydrogen-bond donors (Lipinski definition) is 1. The fraction of sp³-hybridized carbons (Fsp3) is 0.444. The molecule has 8 heteroatoms. The third kappa shape index (κ3) is 3.95. The first-order valence-electron chi connectivity index (χ1n) is 8.71. The summed E-state index contributed by atoms with van der Waals surface area (Å²) in [7, 11) is 1.74. The van der Waals surface area contributed by atoms with Gasteiger partial charge in [0, 0.05) is 31.3 Å². The van der Waals surface area contributed by atoms with Gasteiger partial charge >= 0.3 is 0 Å². The second-order valence-electron chi connectivity index (χ2n) is 6.29. The van der Waals surface area contributed by atoms with E-state index in [1.807, 2.05) is 19.9 Å². The molecule has 2 aromatic rings. The van der Waals surface area contributed by atoms with Crippen molar-refractivity contribution in [2.75, 3.05) is 12.4 Å². The van der Waals surface area contributed by atoms with E-state index in [0.29, 0.717) is 10.1 Å². The van der Waals surface area contributed by atoms with E-state index in [4.69, 9.17) is 0 Å². The van der Waals surface area contributed by atoms with Gasteiger partial charge in [0.25, 0.3) is 0 Å². The summed E-state index contributed by atoms with van der Waals surface area (Å²) in [5.41, 5.74) is 2.71. The lowest BCUT2D eigenvalue weighted by Crippen LogP contribution is -2.13. The fourth-order valence-electron chi connectivity index (χ4n) is 2.72. The molecular weight excluding hydrogens is 351 g/mol. The monoisotopic (exact) mass is 374 g/mol. The maximum absolute atomic E-state index is 14.7. The van der Waals surface area contributed by atoms with Crippen molar-refractivity contribution < 1.29 is 4.39 Å². The van der Waals surface area contributed by atoms with Gasteiger partial charge in [-0.3, -0.25) is 4.99 Å². The minimum absolute atomic E-state index is 0.302. The van der Waals surface area contributed by atoms with Crippen molar-refractivity contribution >= 4 is 29.0 Å². The Hall–Kier alpha value is -2.22. The second kappa shape index (κ2) is 7.99. The highest BCUT2D eigenvalue weighted by molar-refractivity contribution is 7.99. The van der Waals surface area contributed by atoms with Gasteiger partial charge in [0.2, 0.25) is 5.16 Å². The van der Waals surface area contributed by atoms with Crippen molar-refractivity contribution in [3.05, 3.63) is 29.3 Å². The van der Waals surface area contributed by atoms with Gasteiger partial charge in [-0.05, 0) is 56.1 Å². The van der Waals surface area contributed by atoms with Gasteiger partial charge in [0.1, 0.15) is 11.7 Å². The predicted molar refractivity (Wildman–Crippen MR) is 104 cm³/mol. The van der Waals surface area contributed by atoms with Crippen LogP contribution in [-0.4, -0.2) is 33.5 Å². The van der Waals surface area contributed by atoms with Crippen LogP contribution in [-0.2, 0) is 6.42 Å². The van der Waals surface area contributed by atoms with E-state index < -0.39 is 0 Å². The van der Waals surface area contributed by atoms with Crippen molar-refractivity contribution in [2.24, 2.45) is 10.1 Å². The van der Waals surface area contributed by atoms with Crippen LogP contribution in [0.2, 0.25) is 0 Å². The maximum Gasteiger partial charge on any atom is 0.216 e. The molecule has 1 aromatic carbocycles. The van der Waals surface area contributed by atoms with Crippen LogP contribution in [0.3, 0.4) is 0 Å². The van der Waals surface area contributed by atoms with Crippen molar-refractivity contribution in [2.45, 2.75) is 56.5 Å². The quantitative estimate of drug-likeness (QED) is 0.626. The van der Waals surface area contributed by atoms with E-state index in [-0.39, 0.29) is 5.82 Å². The molecule has 0 saturated carbocycles. The van der Waals surface area contributed by atoms with Gasteiger partial charge in [0.05, 0.1) is 4.90 Å². The Morgan fingerprint density at radius 2 is 2.12 bits per heavy atom. The molecular formula is C18H23FN6S. The van der Waals surface area contributed by atoms with Gasteiger partial charge in [0.15, 0.2) is 5.82 Å². The largest absolute Gasteiger partial charge is 0.344 e. The first kappa shape index (κ1) is 18.6. The molecule has 0 radical (unpaired) electrons. The molecule has 0 spiro atoms. The highest BCUT2D eigenvalue weighted by Gasteiger charge is 2.19. The molecule has 1 aromatic heterocycles. The number of rotatable bonds is 5. The van der Waals surface area contributed by atoms with E-state index in [1.54, 1.807) is 11.7 Å². The molecule has 2 heterocycles. The number of aromatic nitrogens is 3. The number of amidine groups is 1. The minimum atomic E-state index is -0.302. The molecule has 0 unspecified atom stereocenters. The lowest BCUT2D eigenvalue weighted by atomic mass is 10.2. The number of fused-ring (bicyclic) bond motifs is 1.